The Labute approximate surface area is 104 Å². The van der Waals surface area contributed by atoms with Crippen molar-refractivity contribution in [1.29, 1.82) is 0 Å². The molecule has 1 aliphatic heterocycles. The van der Waals surface area contributed by atoms with Gasteiger partial charge < -0.3 is 10.6 Å². The highest BCUT2D eigenvalue weighted by Crippen LogP contribution is 2.33. The van der Waals surface area contributed by atoms with Gasteiger partial charge in [-0.2, -0.15) is 0 Å². The number of hydrogen-bond donors (Lipinski definition) is 2. The summed E-state index contributed by atoms with van der Waals surface area (Å²) in [6.07, 6.45) is 7.29. The van der Waals surface area contributed by atoms with Gasteiger partial charge in [-0.05, 0) is 38.6 Å². The zero-order valence-corrected chi connectivity index (χ0v) is 10.8. The smallest absolute Gasteiger partial charge is 0.237 e. The van der Waals surface area contributed by atoms with Gasteiger partial charge in [0.15, 0.2) is 0 Å². The van der Waals surface area contributed by atoms with Crippen LogP contribution in [0.25, 0.3) is 0 Å². The maximum atomic E-state index is 11.8. The Hall–Kier alpha value is -0.280. The third-order valence-corrected chi connectivity index (χ3v) is 3.40. The minimum absolute atomic E-state index is 0. The molecular weight excluding hydrogens is 224 g/mol. The summed E-state index contributed by atoms with van der Waals surface area (Å²) in [6.45, 7) is 3.12. The molecular formula is C12H23ClN2O. The van der Waals surface area contributed by atoms with E-state index in [0.29, 0.717) is 6.04 Å². The first-order valence-corrected chi connectivity index (χ1v) is 6.29. The second-order valence-corrected chi connectivity index (χ2v) is 5.09. The van der Waals surface area contributed by atoms with E-state index in [-0.39, 0.29) is 24.4 Å². The average molecular weight is 247 g/mol. The molecule has 1 saturated carbocycles. The van der Waals surface area contributed by atoms with E-state index in [2.05, 4.69) is 17.6 Å². The van der Waals surface area contributed by atoms with Crippen molar-refractivity contribution in [2.75, 3.05) is 6.54 Å². The molecule has 0 bridgehead atoms. The topological polar surface area (TPSA) is 41.1 Å². The molecule has 0 aromatic carbocycles. The molecule has 0 radical (unpaired) electrons. The molecule has 16 heavy (non-hydrogen) atoms. The molecule has 0 aromatic heterocycles. The van der Waals surface area contributed by atoms with Crippen LogP contribution in [0.15, 0.2) is 0 Å². The van der Waals surface area contributed by atoms with Crippen molar-refractivity contribution in [3.05, 3.63) is 0 Å². The highest BCUT2D eigenvalue weighted by molar-refractivity contribution is 5.85. The molecule has 0 aromatic rings. The molecule has 2 aliphatic rings. The van der Waals surface area contributed by atoms with Crippen molar-refractivity contribution in [2.24, 2.45) is 5.92 Å². The molecule has 1 amide bonds. The van der Waals surface area contributed by atoms with E-state index in [0.717, 1.165) is 18.9 Å². The van der Waals surface area contributed by atoms with Crippen LogP contribution in [0.1, 0.15) is 45.4 Å². The van der Waals surface area contributed by atoms with E-state index in [1.807, 2.05) is 0 Å². The molecule has 1 heterocycles. The third-order valence-electron chi connectivity index (χ3n) is 3.40. The largest absolute Gasteiger partial charge is 0.352 e. The van der Waals surface area contributed by atoms with Crippen molar-refractivity contribution >= 4 is 18.3 Å². The van der Waals surface area contributed by atoms with Crippen LogP contribution in [-0.2, 0) is 4.79 Å². The summed E-state index contributed by atoms with van der Waals surface area (Å²) in [5, 5.41) is 6.40. The maximum absolute atomic E-state index is 11.8. The molecule has 3 nitrogen and oxygen atoms in total. The van der Waals surface area contributed by atoms with E-state index >= 15 is 0 Å². The summed E-state index contributed by atoms with van der Waals surface area (Å²) in [7, 11) is 0. The van der Waals surface area contributed by atoms with E-state index < -0.39 is 0 Å². The second kappa shape index (κ2) is 6.45. The van der Waals surface area contributed by atoms with Gasteiger partial charge in [-0.15, -0.1) is 12.4 Å². The van der Waals surface area contributed by atoms with Crippen LogP contribution in [0.3, 0.4) is 0 Å². The van der Waals surface area contributed by atoms with Gasteiger partial charge in [0.2, 0.25) is 5.91 Å². The monoisotopic (exact) mass is 246 g/mol. The summed E-state index contributed by atoms with van der Waals surface area (Å²) in [5.41, 5.74) is 0. The Balaban J connectivity index is 0.00000128. The van der Waals surface area contributed by atoms with Crippen LogP contribution >= 0.6 is 12.4 Å². The second-order valence-electron chi connectivity index (χ2n) is 5.09. The fourth-order valence-corrected chi connectivity index (χ4v) is 2.33. The first-order valence-electron chi connectivity index (χ1n) is 6.29. The summed E-state index contributed by atoms with van der Waals surface area (Å²) in [4.78, 5) is 11.8. The lowest BCUT2D eigenvalue weighted by Gasteiger charge is -2.24. The van der Waals surface area contributed by atoms with Crippen molar-refractivity contribution < 1.29 is 4.79 Å². The standard InChI is InChI=1S/C12H22N2O.ClH/c1-9(8-10-5-6-10)14-12(15)11-4-2-3-7-13-11;/h9-11,13H,2-8H2,1H3,(H,14,15);1H. The predicted octanol–water partition coefficient (Wildman–Crippen LogP) is 1.86. The summed E-state index contributed by atoms with van der Waals surface area (Å²) in [5.74, 6) is 1.10. The van der Waals surface area contributed by atoms with Gasteiger partial charge in [0.1, 0.15) is 0 Å². The Bertz CT molecular complexity index is 225. The van der Waals surface area contributed by atoms with Gasteiger partial charge in [-0.3, -0.25) is 4.79 Å². The Morgan fingerprint density at radius 3 is 2.69 bits per heavy atom. The number of piperidine rings is 1. The van der Waals surface area contributed by atoms with Crippen LogP contribution in [0.2, 0.25) is 0 Å². The summed E-state index contributed by atoms with van der Waals surface area (Å²) < 4.78 is 0. The van der Waals surface area contributed by atoms with Crippen LogP contribution in [0, 0.1) is 5.92 Å². The lowest BCUT2D eigenvalue weighted by molar-refractivity contribution is -0.124. The number of carbonyl (C=O) groups excluding carboxylic acids is 1. The average Bonchev–Trinajstić information content (AvgIpc) is 3.03. The maximum Gasteiger partial charge on any atom is 0.237 e. The number of nitrogens with one attached hydrogen (secondary N) is 2. The number of halogens is 1. The zero-order chi connectivity index (χ0) is 10.7. The highest BCUT2D eigenvalue weighted by atomic mass is 35.5. The Kier molecular flexibility index (Phi) is 5.56. The fourth-order valence-electron chi connectivity index (χ4n) is 2.33. The van der Waals surface area contributed by atoms with Gasteiger partial charge in [0.25, 0.3) is 0 Å². The molecule has 2 atom stereocenters. The van der Waals surface area contributed by atoms with Crippen molar-refractivity contribution in [3.8, 4) is 0 Å². The van der Waals surface area contributed by atoms with Gasteiger partial charge in [0.05, 0.1) is 6.04 Å². The Morgan fingerprint density at radius 1 is 1.38 bits per heavy atom. The van der Waals surface area contributed by atoms with Crippen LogP contribution < -0.4 is 10.6 Å². The minimum Gasteiger partial charge on any atom is -0.352 e. The van der Waals surface area contributed by atoms with Gasteiger partial charge in [-0.25, -0.2) is 0 Å². The molecule has 2 N–H and O–H groups in total. The van der Waals surface area contributed by atoms with Crippen molar-refractivity contribution in [2.45, 2.75) is 57.5 Å². The lowest BCUT2D eigenvalue weighted by Crippen LogP contribution is -2.49. The molecule has 94 valence electrons. The van der Waals surface area contributed by atoms with Gasteiger partial charge in [0, 0.05) is 6.04 Å². The summed E-state index contributed by atoms with van der Waals surface area (Å²) in [6, 6.07) is 0.425. The molecule has 2 rings (SSSR count). The SMILES string of the molecule is CC(CC1CC1)NC(=O)C1CCCCN1.Cl. The molecule has 2 fully saturated rings. The molecule has 4 heteroatoms. The molecule has 1 saturated heterocycles. The first kappa shape index (κ1) is 13.8. The predicted molar refractivity (Wildman–Crippen MR) is 67.8 cm³/mol. The number of carbonyl (C=O) groups is 1. The Morgan fingerprint density at radius 2 is 2.12 bits per heavy atom. The quantitative estimate of drug-likeness (QED) is 0.795. The van der Waals surface area contributed by atoms with Gasteiger partial charge >= 0.3 is 0 Å². The van der Waals surface area contributed by atoms with Crippen LogP contribution in [0.5, 0.6) is 0 Å². The molecule has 1 aliphatic carbocycles. The zero-order valence-electron chi connectivity index (χ0n) is 10.00. The normalized spacial score (nSPS) is 26.7. The van der Waals surface area contributed by atoms with Gasteiger partial charge in [-0.1, -0.05) is 19.3 Å². The van der Waals surface area contributed by atoms with E-state index in [1.54, 1.807) is 0 Å². The molecule has 0 spiro atoms. The number of amides is 1. The van der Waals surface area contributed by atoms with E-state index in [1.165, 1.54) is 32.1 Å². The minimum atomic E-state index is 0. The van der Waals surface area contributed by atoms with Crippen LogP contribution in [0.4, 0.5) is 0 Å². The lowest BCUT2D eigenvalue weighted by atomic mass is 10.0. The van der Waals surface area contributed by atoms with Crippen molar-refractivity contribution in [1.82, 2.24) is 10.6 Å². The van der Waals surface area contributed by atoms with Crippen LogP contribution in [-0.4, -0.2) is 24.5 Å². The van der Waals surface area contributed by atoms with E-state index in [4.69, 9.17) is 0 Å². The fraction of sp³-hybridized carbons (Fsp3) is 0.917. The number of rotatable bonds is 4. The first-order chi connectivity index (χ1) is 7.25. The number of hydrogen-bond acceptors (Lipinski definition) is 2. The van der Waals surface area contributed by atoms with Crippen molar-refractivity contribution in [3.63, 3.8) is 0 Å². The summed E-state index contributed by atoms with van der Waals surface area (Å²) >= 11 is 0. The van der Waals surface area contributed by atoms with E-state index in [9.17, 15) is 4.79 Å². The molecule has 2 unspecified atom stereocenters. The third kappa shape index (κ3) is 4.30. The highest BCUT2D eigenvalue weighted by Gasteiger charge is 2.26.